The molecule has 6 heterocycles. The zero-order chi connectivity index (χ0) is 46.2. The minimum atomic E-state index is -0.549. The largest absolute Gasteiger partial charge is 0.422 e. The monoisotopic (exact) mass is 871 g/mol. The number of hydrogen-bond acceptors (Lipinski definition) is 13. The molecule has 8 aromatic rings. The third-order valence-electron chi connectivity index (χ3n) is 10.3. The highest BCUT2D eigenvalue weighted by atomic mass is 19.1. The third-order valence-corrected chi connectivity index (χ3v) is 10.3. The molecule has 332 valence electrons. The second kappa shape index (κ2) is 23.2. The van der Waals surface area contributed by atoms with Gasteiger partial charge in [-0.1, -0.05) is 31.2 Å². The van der Waals surface area contributed by atoms with Gasteiger partial charge in [0.15, 0.2) is 0 Å². The molecule has 0 amide bonds. The molecule has 0 radical (unpaired) electrons. The average molecular weight is 872 g/mol. The predicted molar refractivity (Wildman–Crippen MR) is 242 cm³/mol. The SMILES string of the molecule is C1CNC1.CCN(C(C)C)C(C)C.O=C=O.O=C=O.O=c1oc2cc(F)ccc2cc1-c1nc2ccccc2[nH]1.O=c1oc2cc(N3CCC3)ccc2cc1-c1nc2ccccc2[nH]1. The van der Waals surface area contributed by atoms with Crippen LogP contribution in [0.3, 0.4) is 0 Å². The van der Waals surface area contributed by atoms with Gasteiger partial charge in [0.05, 0.1) is 22.1 Å². The van der Waals surface area contributed by atoms with Gasteiger partial charge in [0.25, 0.3) is 0 Å². The summed E-state index contributed by atoms with van der Waals surface area (Å²) in [6.07, 6.45) is 3.10. The maximum absolute atomic E-state index is 13.2. The van der Waals surface area contributed by atoms with Crippen LogP contribution in [0.2, 0.25) is 0 Å². The van der Waals surface area contributed by atoms with Crippen LogP contribution in [0.5, 0.6) is 0 Å². The van der Waals surface area contributed by atoms with E-state index in [9.17, 15) is 14.0 Å². The molecule has 4 aromatic carbocycles. The Labute approximate surface area is 367 Å². The molecule has 0 unspecified atom stereocenters. The van der Waals surface area contributed by atoms with Crippen molar-refractivity contribution in [3.05, 3.63) is 124 Å². The van der Waals surface area contributed by atoms with E-state index in [2.05, 4.69) is 75.7 Å². The quantitative estimate of drug-likeness (QED) is 0.136. The van der Waals surface area contributed by atoms with Crippen LogP contribution in [0.25, 0.3) is 66.8 Å². The second-order valence-electron chi connectivity index (χ2n) is 15.1. The van der Waals surface area contributed by atoms with Crippen LogP contribution in [0, 0.1) is 5.82 Å². The fourth-order valence-corrected chi connectivity index (χ4v) is 6.95. The molecular weight excluding hydrogens is 822 g/mol. The number of hydrogen-bond donors (Lipinski definition) is 3. The first-order valence-electron chi connectivity index (χ1n) is 20.8. The average Bonchev–Trinajstić information content (AvgIpc) is 3.85. The number of carbonyl (C=O) groups excluding carboxylic acids is 4. The fraction of sp³-hybridized carbons (Fsp3) is 0.292. The van der Waals surface area contributed by atoms with Gasteiger partial charge in [-0.25, -0.2) is 23.9 Å². The summed E-state index contributed by atoms with van der Waals surface area (Å²) in [5.74, 6) is 0.539. The Bertz CT molecular complexity index is 2880. The maximum atomic E-state index is 13.2. The van der Waals surface area contributed by atoms with Gasteiger partial charge in [-0.05, 0) is 121 Å². The van der Waals surface area contributed by atoms with Gasteiger partial charge in [-0.15, -0.1) is 0 Å². The number of nitrogens with zero attached hydrogens (tertiary/aromatic N) is 4. The van der Waals surface area contributed by atoms with E-state index in [0.29, 0.717) is 45.8 Å². The van der Waals surface area contributed by atoms with E-state index in [0.717, 1.165) is 52.8 Å². The van der Waals surface area contributed by atoms with Crippen LogP contribution in [-0.2, 0) is 19.2 Å². The lowest BCUT2D eigenvalue weighted by Gasteiger charge is -2.33. The molecule has 0 aliphatic carbocycles. The minimum Gasteiger partial charge on any atom is -0.422 e. The molecule has 2 aliphatic heterocycles. The number of benzene rings is 4. The number of nitrogens with one attached hydrogen (secondary N) is 3. The summed E-state index contributed by atoms with van der Waals surface area (Å²) in [5, 5.41) is 4.65. The van der Waals surface area contributed by atoms with Crippen LogP contribution in [0.15, 0.2) is 115 Å². The van der Waals surface area contributed by atoms with Crippen molar-refractivity contribution < 1.29 is 32.4 Å². The molecule has 0 atom stereocenters. The van der Waals surface area contributed by atoms with Crippen molar-refractivity contribution in [2.45, 2.75) is 59.5 Å². The molecule has 0 saturated carbocycles. The Morgan fingerprint density at radius 3 is 1.48 bits per heavy atom. The van der Waals surface area contributed by atoms with E-state index < -0.39 is 11.4 Å². The molecule has 0 spiro atoms. The van der Waals surface area contributed by atoms with Crippen molar-refractivity contribution in [2.75, 3.05) is 37.6 Å². The van der Waals surface area contributed by atoms with Gasteiger partial charge in [0, 0.05) is 53.8 Å². The molecular formula is C48H50FN7O8. The van der Waals surface area contributed by atoms with Crippen LogP contribution in [0.1, 0.15) is 47.5 Å². The lowest BCUT2D eigenvalue weighted by Crippen LogP contribution is -2.36. The number of rotatable bonds is 6. The summed E-state index contributed by atoms with van der Waals surface area (Å²) in [5.41, 5.74) is 5.14. The first-order valence-corrected chi connectivity index (χ1v) is 20.8. The van der Waals surface area contributed by atoms with Crippen molar-refractivity contribution in [2.24, 2.45) is 0 Å². The molecule has 2 saturated heterocycles. The van der Waals surface area contributed by atoms with Crippen LogP contribution in [0.4, 0.5) is 10.1 Å². The van der Waals surface area contributed by atoms with Gasteiger partial charge in [0.2, 0.25) is 0 Å². The molecule has 0 bridgehead atoms. The first-order chi connectivity index (χ1) is 30.9. The van der Waals surface area contributed by atoms with E-state index in [4.69, 9.17) is 28.0 Å². The molecule has 64 heavy (non-hydrogen) atoms. The Balaban J connectivity index is 0.000000174. The molecule has 4 aromatic heterocycles. The van der Waals surface area contributed by atoms with E-state index in [1.807, 2.05) is 66.7 Å². The summed E-state index contributed by atoms with van der Waals surface area (Å²) < 4.78 is 23.9. The lowest BCUT2D eigenvalue weighted by atomic mass is 10.1. The highest BCUT2D eigenvalue weighted by Gasteiger charge is 2.17. The summed E-state index contributed by atoms with van der Waals surface area (Å²) in [4.78, 5) is 76.9. The minimum absolute atomic E-state index is 0.222. The first kappa shape index (κ1) is 47.7. The van der Waals surface area contributed by atoms with Gasteiger partial charge in [0.1, 0.15) is 39.8 Å². The number of para-hydroxylation sites is 4. The van der Waals surface area contributed by atoms with Gasteiger partial charge >= 0.3 is 23.6 Å². The molecule has 2 fully saturated rings. The van der Waals surface area contributed by atoms with Gasteiger partial charge in [-0.3, -0.25) is 4.90 Å². The summed E-state index contributed by atoms with van der Waals surface area (Å²) >= 11 is 0. The van der Waals surface area contributed by atoms with E-state index >= 15 is 0 Å². The number of fused-ring (bicyclic) bond motifs is 4. The Morgan fingerprint density at radius 1 is 0.672 bits per heavy atom. The standard InChI is InChI=1S/C19H15N3O2.C16H9FN2O2.C8H19N.C3H7N.2CO2/c23-19-14(18-20-15-4-1-2-5-16(15)21-18)10-12-6-7-13(11-17(12)24-19)22-8-3-9-22;17-10-6-5-9-7-11(16(20)21-14(9)8-10)15-18-12-3-1-2-4-13(12)19-15;1-6-9(7(2)3)8(4)5;1-2-4-3-1;2*2-1-3/h1-2,4-7,10-11H,3,8-9H2,(H,20,21);1-8H,(H,18,19);7-8H,6H2,1-5H3;4H,1-3H2;;. The van der Waals surface area contributed by atoms with Crippen molar-refractivity contribution in [3.8, 4) is 22.8 Å². The fourth-order valence-electron chi connectivity index (χ4n) is 6.95. The number of aromatic nitrogens is 4. The molecule has 3 N–H and O–H groups in total. The Kier molecular flexibility index (Phi) is 17.3. The second-order valence-corrected chi connectivity index (χ2v) is 15.1. The zero-order valence-corrected chi connectivity index (χ0v) is 36.3. The van der Waals surface area contributed by atoms with Crippen LogP contribution in [-0.4, -0.2) is 81.9 Å². The predicted octanol–water partition coefficient (Wildman–Crippen LogP) is 7.96. The zero-order valence-electron chi connectivity index (χ0n) is 36.3. The lowest BCUT2D eigenvalue weighted by molar-refractivity contribution is -0.193. The van der Waals surface area contributed by atoms with Crippen molar-refractivity contribution in [1.82, 2.24) is 30.2 Å². The highest BCUT2D eigenvalue weighted by Crippen LogP contribution is 2.28. The number of aromatic amines is 2. The normalized spacial score (nSPS) is 12.5. The number of imidazole rings is 2. The molecule has 16 heteroatoms. The van der Waals surface area contributed by atoms with E-state index in [1.54, 1.807) is 12.1 Å². The highest BCUT2D eigenvalue weighted by molar-refractivity contribution is 5.86. The summed E-state index contributed by atoms with van der Waals surface area (Å²) in [6, 6.07) is 30.2. The topological polar surface area (TPSA) is 205 Å². The van der Waals surface area contributed by atoms with Crippen molar-refractivity contribution in [3.63, 3.8) is 0 Å². The molecule has 15 nitrogen and oxygen atoms in total. The number of halogens is 1. The van der Waals surface area contributed by atoms with Crippen LogP contribution >= 0.6 is 0 Å². The number of H-pyrrole nitrogens is 2. The smallest absolute Gasteiger partial charge is 0.373 e. The number of anilines is 1. The summed E-state index contributed by atoms with van der Waals surface area (Å²) in [6.45, 7) is 17.0. The van der Waals surface area contributed by atoms with Crippen molar-refractivity contribution >= 4 is 62.0 Å². The van der Waals surface area contributed by atoms with Gasteiger partial charge in [-0.2, -0.15) is 19.2 Å². The van der Waals surface area contributed by atoms with Crippen LogP contribution < -0.4 is 21.5 Å². The molecule has 2 aliphatic rings. The van der Waals surface area contributed by atoms with E-state index in [-0.39, 0.29) is 23.5 Å². The maximum Gasteiger partial charge on any atom is 0.373 e. The van der Waals surface area contributed by atoms with E-state index in [1.165, 1.54) is 38.1 Å². The van der Waals surface area contributed by atoms with Crippen molar-refractivity contribution in [1.29, 1.82) is 0 Å². The summed E-state index contributed by atoms with van der Waals surface area (Å²) in [7, 11) is 0. The molecule has 10 rings (SSSR count). The van der Waals surface area contributed by atoms with Gasteiger partial charge < -0.3 is 29.0 Å². The Hall–Kier alpha value is -7.35. The third kappa shape index (κ3) is 12.4. The Morgan fingerprint density at radius 2 is 1.11 bits per heavy atom.